The molecule has 1 aromatic rings. The van der Waals surface area contributed by atoms with Gasteiger partial charge in [-0.05, 0) is 45.0 Å². The van der Waals surface area contributed by atoms with Crippen molar-refractivity contribution < 1.29 is 17.9 Å². The van der Waals surface area contributed by atoms with E-state index >= 15 is 0 Å². The number of rotatable bonds is 6. The summed E-state index contributed by atoms with van der Waals surface area (Å²) in [5, 5.41) is 8.75. The molecule has 0 aromatic carbocycles. The summed E-state index contributed by atoms with van der Waals surface area (Å²) in [6.45, 7) is 4.30. The highest BCUT2D eigenvalue weighted by molar-refractivity contribution is 7.89. The summed E-state index contributed by atoms with van der Waals surface area (Å²) in [6, 6.07) is 2.64. The van der Waals surface area contributed by atoms with Crippen molar-refractivity contribution in [2.45, 2.75) is 43.9 Å². The number of hydrogen-bond donors (Lipinski definition) is 2. The first-order chi connectivity index (χ1) is 9.51. The van der Waals surface area contributed by atoms with Gasteiger partial charge in [0, 0.05) is 12.6 Å². The van der Waals surface area contributed by atoms with Gasteiger partial charge in [-0.15, -0.1) is 0 Å². The minimum Gasteiger partial charge on any atom is -0.446 e. The summed E-state index contributed by atoms with van der Waals surface area (Å²) in [5.74, 6) is 0.244. The molecule has 1 fully saturated rings. The molecule has 2 N–H and O–H groups in total. The van der Waals surface area contributed by atoms with Gasteiger partial charge in [0.2, 0.25) is 5.09 Å². The van der Waals surface area contributed by atoms with Crippen LogP contribution in [0.4, 0.5) is 0 Å². The van der Waals surface area contributed by atoms with Gasteiger partial charge >= 0.3 is 0 Å². The van der Waals surface area contributed by atoms with E-state index in [1.807, 2.05) is 6.92 Å². The topological polar surface area (TPSA) is 82.8 Å². The van der Waals surface area contributed by atoms with Crippen LogP contribution in [0.5, 0.6) is 0 Å². The fourth-order valence-corrected chi connectivity index (χ4v) is 3.66. The summed E-state index contributed by atoms with van der Waals surface area (Å²) >= 11 is 0. The van der Waals surface area contributed by atoms with E-state index in [9.17, 15) is 8.42 Å². The van der Waals surface area contributed by atoms with Crippen LogP contribution in [-0.2, 0) is 16.6 Å². The Hall–Kier alpha value is -0.890. The first kappa shape index (κ1) is 15.5. The van der Waals surface area contributed by atoms with Crippen molar-refractivity contribution in [1.82, 2.24) is 9.62 Å². The molecular formula is C13H22N2O4S. The Morgan fingerprint density at radius 3 is 2.65 bits per heavy atom. The Morgan fingerprint density at radius 1 is 1.35 bits per heavy atom. The Bertz CT molecular complexity index is 520. The minimum absolute atomic E-state index is 0.146. The molecule has 0 spiro atoms. The molecule has 0 aliphatic carbocycles. The number of nitrogens with zero attached hydrogens (tertiary/aromatic N) is 1. The molecule has 1 aromatic heterocycles. The SMILES string of the molecule is CC(CN1CCCCC1)NS(=O)(=O)c1ccc(CO)o1. The molecule has 7 heteroatoms. The third-order valence-corrected chi connectivity index (χ3v) is 4.86. The fraction of sp³-hybridized carbons (Fsp3) is 0.692. The molecule has 1 saturated heterocycles. The van der Waals surface area contributed by atoms with Crippen molar-refractivity contribution in [3.63, 3.8) is 0 Å². The molecule has 6 nitrogen and oxygen atoms in total. The van der Waals surface area contributed by atoms with Crippen LogP contribution in [-0.4, -0.2) is 44.1 Å². The van der Waals surface area contributed by atoms with E-state index in [-0.39, 0.29) is 23.5 Å². The number of aliphatic hydroxyl groups is 1. The summed E-state index contributed by atoms with van der Waals surface area (Å²) < 4.78 is 31.9. The van der Waals surface area contributed by atoms with Crippen molar-refractivity contribution in [3.8, 4) is 0 Å². The second-order valence-electron chi connectivity index (χ2n) is 5.26. The number of piperidine rings is 1. The van der Waals surface area contributed by atoms with Crippen LogP contribution >= 0.6 is 0 Å². The lowest BCUT2D eigenvalue weighted by atomic mass is 10.1. The van der Waals surface area contributed by atoms with Gasteiger partial charge in [0.05, 0.1) is 0 Å². The first-order valence-corrected chi connectivity index (χ1v) is 8.44. The minimum atomic E-state index is -3.65. The van der Waals surface area contributed by atoms with E-state index in [4.69, 9.17) is 9.52 Å². The predicted octanol–water partition coefficient (Wildman–Crippen LogP) is 0.925. The maximum atomic E-state index is 12.1. The Balaban J connectivity index is 1.93. The number of hydrogen-bond acceptors (Lipinski definition) is 5. The zero-order chi connectivity index (χ0) is 14.6. The molecular weight excluding hydrogens is 280 g/mol. The number of aliphatic hydroxyl groups excluding tert-OH is 1. The van der Waals surface area contributed by atoms with Crippen LogP contribution in [0.1, 0.15) is 31.9 Å². The average Bonchev–Trinajstić information content (AvgIpc) is 2.88. The predicted molar refractivity (Wildman–Crippen MR) is 74.7 cm³/mol. The van der Waals surface area contributed by atoms with Crippen molar-refractivity contribution >= 4 is 10.0 Å². The van der Waals surface area contributed by atoms with Gasteiger partial charge in [0.15, 0.2) is 0 Å². The number of furan rings is 1. The van der Waals surface area contributed by atoms with Gasteiger partial charge in [-0.25, -0.2) is 13.1 Å². The largest absolute Gasteiger partial charge is 0.446 e. The van der Waals surface area contributed by atoms with E-state index in [1.165, 1.54) is 31.4 Å². The van der Waals surface area contributed by atoms with E-state index in [1.54, 1.807) is 0 Å². The van der Waals surface area contributed by atoms with Crippen molar-refractivity contribution in [1.29, 1.82) is 0 Å². The average molecular weight is 302 g/mol. The highest BCUT2D eigenvalue weighted by Gasteiger charge is 2.22. The normalized spacial score (nSPS) is 19.1. The maximum absolute atomic E-state index is 12.1. The molecule has 0 radical (unpaired) electrons. The van der Waals surface area contributed by atoms with Gasteiger partial charge < -0.3 is 14.4 Å². The number of sulfonamides is 1. The summed E-state index contributed by atoms with van der Waals surface area (Å²) in [5.41, 5.74) is 0. The maximum Gasteiger partial charge on any atom is 0.274 e. The number of likely N-dealkylation sites (tertiary alicyclic amines) is 1. The molecule has 0 amide bonds. The smallest absolute Gasteiger partial charge is 0.274 e. The van der Waals surface area contributed by atoms with E-state index < -0.39 is 10.0 Å². The molecule has 2 rings (SSSR count). The Labute approximate surface area is 119 Å². The highest BCUT2D eigenvalue weighted by atomic mass is 32.2. The number of nitrogens with one attached hydrogen (secondary N) is 1. The van der Waals surface area contributed by atoms with E-state index in [0.717, 1.165) is 13.1 Å². The van der Waals surface area contributed by atoms with Gasteiger partial charge in [0.25, 0.3) is 10.0 Å². The second-order valence-corrected chi connectivity index (χ2v) is 6.91. The van der Waals surface area contributed by atoms with Crippen molar-refractivity contribution in [3.05, 3.63) is 17.9 Å². The Kier molecular flexibility index (Phi) is 5.20. The first-order valence-electron chi connectivity index (χ1n) is 6.95. The molecule has 1 unspecified atom stereocenters. The molecule has 2 heterocycles. The lowest BCUT2D eigenvalue weighted by Gasteiger charge is -2.29. The molecule has 20 heavy (non-hydrogen) atoms. The molecule has 0 saturated carbocycles. The van der Waals surface area contributed by atoms with Gasteiger partial charge in [-0.1, -0.05) is 6.42 Å². The third kappa shape index (κ3) is 4.05. The fourth-order valence-electron chi connectivity index (χ4n) is 2.48. The van der Waals surface area contributed by atoms with Crippen LogP contribution in [0, 0.1) is 0 Å². The molecule has 114 valence electrons. The van der Waals surface area contributed by atoms with E-state index in [0.29, 0.717) is 6.54 Å². The summed E-state index contributed by atoms with van der Waals surface area (Å²) in [4.78, 5) is 2.28. The van der Waals surface area contributed by atoms with Gasteiger partial charge in [0.1, 0.15) is 12.4 Å². The molecule has 1 atom stereocenters. The molecule has 1 aliphatic rings. The second kappa shape index (κ2) is 6.71. The zero-order valence-electron chi connectivity index (χ0n) is 11.7. The standard InChI is InChI=1S/C13H22N2O4S/c1-11(9-15-7-3-2-4-8-15)14-20(17,18)13-6-5-12(10-16)19-13/h5-6,11,14,16H,2-4,7-10H2,1H3. The van der Waals surface area contributed by atoms with Crippen LogP contribution in [0.2, 0.25) is 0 Å². The third-order valence-electron chi connectivity index (χ3n) is 3.39. The van der Waals surface area contributed by atoms with Crippen molar-refractivity contribution in [2.75, 3.05) is 19.6 Å². The lowest BCUT2D eigenvalue weighted by Crippen LogP contribution is -2.43. The molecule has 0 bridgehead atoms. The van der Waals surface area contributed by atoms with Crippen LogP contribution in [0.25, 0.3) is 0 Å². The quantitative estimate of drug-likeness (QED) is 0.816. The van der Waals surface area contributed by atoms with E-state index in [2.05, 4.69) is 9.62 Å². The summed E-state index contributed by atoms with van der Waals surface area (Å²) in [7, 11) is -3.65. The van der Waals surface area contributed by atoms with Crippen LogP contribution < -0.4 is 4.72 Å². The van der Waals surface area contributed by atoms with Crippen molar-refractivity contribution in [2.24, 2.45) is 0 Å². The summed E-state index contributed by atoms with van der Waals surface area (Å²) in [6.07, 6.45) is 3.61. The lowest BCUT2D eigenvalue weighted by molar-refractivity contribution is 0.215. The molecule has 1 aliphatic heterocycles. The Morgan fingerprint density at radius 2 is 2.05 bits per heavy atom. The van der Waals surface area contributed by atoms with Gasteiger partial charge in [-0.3, -0.25) is 0 Å². The van der Waals surface area contributed by atoms with Crippen LogP contribution in [0.3, 0.4) is 0 Å². The van der Waals surface area contributed by atoms with Crippen LogP contribution in [0.15, 0.2) is 21.6 Å². The highest BCUT2D eigenvalue weighted by Crippen LogP contribution is 2.15. The zero-order valence-corrected chi connectivity index (χ0v) is 12.5. The monoisotopic (exact) mass is 302 g/mol. The van der Waals surface area contributed by atoms with Gasteiger partial charge in [-0.2, -0.15) is 0 Å².